The summed E-state index contributed by atoms with van der Waals surface area (Å²) in [7, 11) is 0. The summed E-state index contributed by atoms with van der Waals surface area (Å²) < 4.78 is 25.8. The number of nitrogens with zero attached hydrogens (tertiary/aromatic N) is 1. The van der Waals surface area contributed by atoms with Crippen LogP contribution in [0, 0.1) is 17.6 Å². The predicted molar refractivity (Wildman–Crippen MR) is 98.6 cm³/mol. The van der Waals surface area contributed by atoms with E-state index in [0.29, 0.717) is 0 Å². The highest BCUT2D eigenvalue weighted by Gasteiger charge is 2.19. The summed E-state index contributed by atoms with van der Waals surface area (Å²) in [5.41, 5.74) is 2.47. The molecule has 1 saturated heterocycles. The summed E-state index contributed by atoms with van der Waals surface area (Å²) in [4.78, 5) is 2.56. The zero-order chi connectivity index (χ0) is 17.5. The molecule has 0 unspecified atom stereocenters. The number of hydrogen-bond donors (Lipinski definition) is 0. The van der Waals surface area contributed by atoms with Crippen LogP contribution in [0.1, 0.15) is 36.8 Å². The molecule has 3 rings (SSSR count). The first-order valence-corrected chi connectivity index (χ1v) is 9.40. The molecule has 0 N–H and O–H groups in total. The predicted octanol–water partition coefficient (Wildman–Crippen LogP) is 5.24. The van der Waals surface area contributed by atoms with Crippen LogP contribution >= 0.6 is 0 Å². The number of aryl methyl sites for hydroxylation is 1. The number of unbranched alkanes of at least 4 members (excludes halogenated alkanes) is 1. The molecule has 2 aromatic carbocycles. The van der Waals surface area contributed by atoms with Crippen molar-refractivity contribution < 1.29 is 8.78 Å². The minimum absolute atomic E-state index is 0.154. The van der Waals surface area contributed by atoms with Gasteiger partial charge < -0.3 is 4.90 Å². The second kappa shape index (κ2) is 9.10. The summed E-state index contributed by atoms with van der Waals surface area (Å²) in [5, 5.41) is 0. The molecule has 0 aromatic heterocycles. The van der Waals surface area contributed by atoms with E-state index in [1.807, 2.05) is 24.3 Å². The molecular formula is C22H27F2N. The highest BCUT2D eigenvalue weighted by molar-refractivity contribution is 5.17. The molecule has 3 heteroatoms. The maximum Gasteiger partial charge on any atom is 0.123 e. The highest BCUT2D eigenvalue weighted by Crippen LogP contribution is 2.22. The van der Waals surface area contributed by atoms with E-state index in [4.69, 9.17) is 0 Å². The average molecular weight is 343 g/mol. The maximum absolute atomic E-state index is 13.0. The van der Waals surface area contributed by atoms with Gasteiger partial charge in [0, 0.05) is 0 Å². The fourth-order valence-electron chi connectivity index (χ4n) is 3.68. The molecule has 0 bridgehead atoms. The first-order chi connectivity index (χ1) is 12.2. The minimum Gasteiger partial charge on any atom is -0.303 e. The van der Waals surface area contributed by atoms with Gasteiger partial charge in [-0.05, 0) is 99.5 Å². The Labute approximate surface area is 149 Å². The van der Waals surface area contributed by atoms with Crippen molar-refractivity contribution in [2.75, 3.05) is 19.6 Å². The Balaban J connectivity index is 1.31. The lowest BCUT2D eigenvalue weighted by atomic mass is 9.90. The molecule has 1 aliphatic heterocycles. The molecule has 2 aromatic rings. The Bertz CT molecular complexity index is 625. The van der Waals surface area contributed by atoms with Crippen LogP contribution < -0.4 is 0 Å². The van der Waals surface area contributed by atoms with Crippen molar-refractivity contribution in [3.8, 4) is 0 Å². The number of rotatable bonds is 7. The van der Waals surface area contributed by atoms with Crippen molar-refractivity contribution in [3.63, 3.8) is 0 Å². The van der Waals surface area contributed by atoms with Crippen LogP contribution in [0.5, 0.6) is 0 Å². The first-order valence-electron chi connectivity index (χ1n) is 9.40. The fourth-order valence-corrected chi connectivity index (χ4v) is 3.68. The third-order valence-electron chi connectivity index (χ3n) is 5.25. The van der Waals surface area contributed by atoms with Gasteiger partial charge in [0.05, 0.1) is 0 Å². The largest absolute Gasteiger partial charge is 0.303 e. The molecule has 0 radical (unpaired) electrons. The molecule has 1 heterocycles. The van der Waals surface area contributed by atoms with E-state index in [9.17, 15) is 8.78 Å². The first kappa shape index (κ1) is 18.1. The third kappa shape index (κ3) is 5.93. The highest BCUT2D eigenvalue weighted by atomic mass is 19.1. The topological polar surface area (TPSA) is 3.24 Å². The normalized spacial score (nSPS) is 16.2. The van der Waals surface area contributed by atoms with E-state index in [-0.39, 0.29) is 11.6 Å². The Kier molecular flexibility index (Phi) is 6.57. The van der Waals surface area contributed by atoms with Gasteiger partial charge in [-0.1, -0.05) is 24.3 Å². The van der Waals surface area contributed by atoms with Crippen molar-refractivity contribution >= 4 is 0 Å². The van der Waals surface area contributed by atoms with Gasteiger partial charge >= 0.3 is 0 Å². The summed E-state index contributed by atoms with van der Waals surface area (Å²) in [6.45, 7) is 3.50. The molecule has 1 aliphatic rings. The quantitative estimate of drug-likeness (QED) is 0.621. The molecule has 134 valence electrons. The summed E-state index contributed by atoms with van der Waals surface area (Å²) in [6, 6.07) is 13.8. The van der Waals surface area contributed by atoms with E-state index >= 15 is 0 Å². The van der Waals surface area contributed by atoms with Gasteiger partial charge in [-0.2, -0.15) is 0 Å². The number of halogens is 2. The molecule has 25 heavy (non-hydrogen) atoms. The fraction of sp³-hybridized carbons (Fsp3) is 0.455. The Morgan fingerprint density at radius 1 is 0.760 bits per heavy atom. The van der Waals surface area contributed by atoms with Crippen molar-refractivity contribution in [3.05, 3.63) is 71.3 Å². The van der Waals surface area contributed by atoms with Crippen molar-refractivity contribution in [2.45, 2.75) is 38.5 Å². The SMILES string of the molecule is Fc1ccc(CCCCN2CCC(Cc3ccc(F)cc3)CC2)cc1. The summed E-state index contributed by atoms with van der Waals surface area (Å²) in [6.07, 6.45) is 6.91. The average Bonchev–Trinajstić information content (AvgIpc) is 2.63. The molecule has 0 saturated carbocycles. The molecule has 0 spiro atoms. The molecular weight excluding hydrogens is 316 g/mol. The molecule has 0 atom stereocenters. The second-order valence-corrected chi connectivity index (χ2v) is 7.20. The van der Waals surface area contributed by atoms with Crippen LogP contribution in [0.25, 0.3) is 0 Å². The van der Waals surface area contributed by atoms with Gasteiger partial charge in [-0.25, -0.2) is 8.78 Å². The Morgan fingerprint density at radius 2 is 1.32 bits per heavy atom. The van der Waals surface area contributed by atoms with E-state index in [2.05, 4.69) is 4.90 Å². The van der Waals surface area contributed by atoms with E-state index in [0.717, 1.165) is 31.7 Å². The van der Waals surface area contributed by atoms with Crippen LogP contribution in [-0.4, -0.2) is 24.5 Å². The standard InChI is InChI=1S/C22H27F2N/c23-21-8-4-18(5-9-21)3-1-2-14-25-15-12-20(13-16-25)17-19-6-10-22(24)11-7-19/h4-11,20H,1-3,12-17H2. The van der Waals surface area contributed by atoms with Crippen molar-refractivity contribution in [1.82, 2.24) is 4.90 Å². The minimum atomic E-state index is -0.160. The Morgan fingerprint density at radius 3 is 1.92 bits per heavy atom. The smallest absolute Gasteiger partial charge is 0.123 e. The lowest BCUT2D eigenvalue weighted by Crippen LogP contribution is -2.35. The molecule has 0 amide bonds. The molecule has 0 aliphatic carbocycles. The van der Waals surface area contributed by atoms with Gasteiger partial charge in [0.1, 0.15) is 11.6 Å². The number of hydrogen-bond acceptors (Lipinski definition) is 1. The maximum atomic E-state index is 13.0. The van der Waals surface area contributed by atoms with Gasteiger partial charge in [-0.3, -0.25) is 0 Å². The van der Waals surface area contributed by atoms with Gasteiger partial charge in [-0.15, -0.1) is 0 Å². The van der Waals surface area contributed by atoms with Crippen molar-refractivity contribution in [1.29, 1.82) is 0 Å². The zero-order valence-electron chi connectivity index (χ0n) is 14.8. The monoisotopic (exact) mass is 343 g/mol. The van der Waals surface area contributed by atoms with Crippen LogP contribution in [0.4, 0.5) is 8.78 Å². The lowest BCUT2D eigenvalue weighted by molar-refractivity contribution is 0.181. The van der Waals surface area contributed by atoms with Crippen molar-refractivity contribution in [2.24, 2.45) is 5.92 Å². The molecule has 1 fully saturated rings. The van der Waals surface area contributed by atoms with Crippen LogP contribution in [0.2, 0.25) is 0 Å². The number of benzene rings is 2. The van der Waals surface area contributed by atoms with Crippen LogP contribution in [0.3, 0.4) is 0 Å². The second-order valence-electron chi connectivity index (χ2n) is 7.20. The van der Waals surface area contributed by atoms with Crippen LogP contribution in [0.15, 0.2) is 48.5 Å². The third-order valence-corrected chi connectivity index (χ3v) is 5.25. The number of likely N-dealkylation sites (tertiary alicyclic amines) is 1. The van der Waals surface area contributed by atoms with Gasteiger partial charge in [0.25, 0.3) is 0 Å². The lowest BCUT2D eigenvalue weighted by Gasteiger charge is -2.32. The van der Waals surface area contributed by atoms with E-state index in [1.54, 1.807) is 24.3 Å². The van der Waals surface area contributed by atoms with Gasteiger partial charge in [0.15, 0.2) is 0 Å². The Hall–Kier alpha value is -1.74. The van der Waals surface area contributed by atoms with Gasteiger partial charge in [0.2, 0.25) is 0 Å². The van der Waals surface area contributed by atoms with Crippen LogP contribution in [-0.2, 0) is 12.8 Å². The summed E-state index contributed by atoms with van der Waals surface area (Å²) >= 11 is 0. The van der Waals surface area contributed by atoms with E-state index < -0.39 is 0 Å². The van der Waals surface area contributed by atoms with E-state index in [1.165, 1.54) is 43.5 Å². The zero-order valence-corrected chi connectivity index (χ0v) is 14.8. The molecule has 1 nitrogen and oxygen atoms in total. The summed E-state index contributed by atoms with van der Waals surface area (Å²) in [5.74, 6) is 0.410. The number of piperidine rings is 1.